The van der Waals surface area contributed by atoms with Crippen LogP contribution in [0.2, 0.25) is 0 Å². The SMILES string of the molecule is Cc1nn(CC(=O)NC2CCCCC2)c(=O)c2cc3ccsc3n12. The third kappa shape index (κ3) is 2.62. The molecule has 126 valence electrons. The Morgan fingerprint density at radius 3 is 2.96 bits per heavy atom. The number of amides is 1. The van der Waals surface area contributed by atoms with Gasteiger partial charge >= 0.3 is 0 Å². The van der Waals surface area contributed by atoms with Crippen LogP contribution in [0.4, 0.5) is 0 Å². The summed E-state index contributed by atoms with van der Waals surface area (Å²) < 4.78 is 3.16. The highest BCUT2D eigenvalue weighted by Gasteiger charge is 2.18. The van der Waals surface area contributed by atoms with E-state index < -0.39 is 0 Å². The molecule has 1 aliphatic rings. The molecule has 1 aliphatic carbocycles. The summed E-state index contributed by atoms with van der Waals surface area (Å²) in [7, 11) is 0. The normalized spacial score (nSPS) is 16.0. The van der Waals surface area contributed by atoms with E-state index in [1.807, 2.05) is 28.8 Å². The van der Waals surface area contributed by atoms with Gasteiger partial charge in [-0.2, -0.15) is 5.10 Å². The van der Waals surface area contributed by atoms with E-state index in [1.165, 1.54) is 11.1 Å². The van der Waals surface area contributed by atoms with E-state index in [0.717, 1.165) is 35.9 Å². The third-order valence-corrected chi connectivity index (χ3v) is 5.63. The van der Waals surface area contributed by atoms with E-state index in [4.69, 9.17) is 0 Å². The molecule has 0 aliphatic heterocycles. The monoisotopic (exact) mass is 344 g/mol. The zero-order chi connectivity index (χ0) is 16.7. The van der Waals surface area contributed by atoms with Gasteiger partial charge in [-0.05, 0) is 37.3 Å². The van der Waals surface area contributed by atoms with Crippen molar-refractivity contribution in [1.82, 2.24) is 19.5 Å². The molecule has 0 unspecified atom stereocenters. The van der Waals surface area contributed by atoms with Gasteiger partial charge in [0.1, 0.15) is 22.7 Å². The minimum Gasteiger partial charge on any atom is -0.352 e. The first kappa shape index (κ1) is 15.4. The van der Waals surface area contributed by atoms with Gasteiger partial charge in [-0.3, -0.25) is 14.0 Å². The molecule has 1 N–H and O–H groups in total. The number of thiophene rings is 1. The predicted octanol–water partition coefficient (Wildman–Crippen LogP) is 2.47. The number of carbonyl (C=O) groups excluding carboxylic acids is 1. The average Bonchev–Trinajstić information content (AvgIpc) is 3.14. The molecule has 7 heteroatoms. The molecule has 3 heterocycles. The van der Waals surface area contributed by atoms with Gasteiger partial charge in [0.2, 0.25) is 5.91 Å². The fraction of sp³-hybridized carbons (Fsp3) is 0.471. The molecule has 3 aromatic heterocycles. The van der Waals surface area contributed by atoms with Crippen LogP contribution in [0, 0.1) is 6.92 Å². The standard InChI is InChI=1S/C17H20N4O2S/c1-11-19-20(10-15(22)18-13-5-3-2-4-6-13)16(23)14-9-12-7-8-24-17(12)21(11)14/h7-9,13H,2-6,10H2,1H3,(H,18,22). The van der Waals surface area contributed by atoms with Crippen LogP contribution in [0.3, 0.4) is 0 Å². The molecule has 1 saturated carbocycles. The molecule has 6 nitrogen and oxygen atoms in total. The maximum absolute atomic E-state index is 12.7. The molecule has 1 amide bonds. The lowest BCUT2D eigenvalue weighted by atomic mass is 9.95. The minimum atomic E-state index is -0.220. The van der Waals surface area contributed by atoms with Crippen molar-refractivity contribution in [3.63, 3.8) is 0 Å². The van der Waals surface area contributed by atoms with Crippen molar-refractivity contribution >= 4 is 33.0 Å². The lowest BCUT2D eigenvalue weighted by molar-refractivity contribution is -0.122. The first-order chi connectivity index (χ1) is 11.6. The van der Waals surface area contributed by atoms with Crippen LogP contribution in [0.15, 0.2) is 22.3 Å². The zero-order valence-electron chi connectivity index (χ0n) is 13.6. The van der Waals surface area contributed by atoms with Gasteiger partial charge in [-0.25, -0.2) is 4.68 Å². The van der Waals surface area contributed by atoms with Crippen LogP contribution in [-0.4, -0.2) is 26.1 Å². The van der Waals surface area contributed by atoms with Crippen LogP contribution < -0.4 is 10.9 Å². The van der Waals surface area contributed by atoms with Gasteiger partial charge in [0, 0.05) is 11.4 Å². The number of fused-ring (bicyclic) bond motifs is 3. The highest BCUT2D eigenvalue weighted by Crippen LogP contribution is 2.24. The van der Waals surface area contributed by atoms with Gasteiger partial charge in [-0.1, -0.05) is 19.3 Å². The lowest BCUT2D eigenvalue weighted by Crippen LogP contribution is -2.40. The van der Waals surface area contributed by atoms with Gasteiger partial charge in [0.15, 0.2) is 0 Å². The third-order valence-electron chi connectivity index (χ3n) is 4.72. The second kappa shape index (κ2) is 6.05. The van der Waals surface area contributed by atoms with Crippen LogP contribution in [-0.2, 0) is 11.3 Å². The van der Waals surface area contributed by atoms with Crippen LogP contribution >= 0.6 is 11.3 Å². The largest absolute Gasteiger partial charge is 0.352 e. The average molecular weight is 344 g/mol. The van der Waals surface area contributed by atoms with E-state index in [1.54, 1.807) is 11.3 Å². The lowest BCUT2D eigenvalue weighted by Gasteiger charge is -2.22. The number of nitrogens with zero attached hydrogens (tertiary/aromatic N) is 3. The number of carbonyl (C=O) groups is 1. The minimum absolute atomic E-state index is 0.0223. The van der Waals surface area contributed by atoms with Crippen molar-refractivity contribution < 1.29 is 4.79 Å². The summed E-state index contributed by atoms with van der Waals surface area (Å²) in [5.41, 5.74) is 0.359. The molecule has 0 radical (unpaired) electrons. The number of hydrogen-bond acceptors (Lipinski definition) is 4. The summed E-state index contributed by atoms with van der Waals surface area (Å²) in [5.74, 6) is 0.584. The molecule has 0 spiro atoms. The molecule has 4 rings (SSSR count). The maximum atomic E-state index is 12.7. The van der Waals surface area contributed by atoms with E-state index >= 15 is 0 Å². The molecule has 0 aromatic carbocycles. The van der Waals surface area contributed by atoms with Crippen molar-refractivity contribution in [2.75, 3.05) is 0 Å². The summed E-state index contributed by atoms with van der Waals surface area (Å²) in [5, 5.41) is 10.4. The maximum Gasteiger partial charge on any atom is 0.291 e. The Bertz CT molecular complexity index is 962. The van der Waals surface area contributed by atoms with Crippen LogP contribution in [0.25, 0.3) is 15.7 Å². The molecule has 3 aromatic rings. The molecular weight excluding hydrogens is 324 g/mol. The van der Waals surface area contributed by atoms with Crippen molar-refractivity contribution in [3.05, 3.63) is 33.7 Å². The van der Waals surface area contributed by atoms with Crippen molar-refractivity contribution in [2.45, 2.75) is 51.6 Å². The summed E-state index contributed by atoms with van der Waals surface area (Å²) in [6, 6.07) is 4.11. The second-order valence-electron chi connectivity index (χ2n) is 6.46. The molecule has 0 bridgehead atoms. The molecule has 0 saturated heterocycles. The van der Waals surface area contributed by atoms with Gasteiger partial charge in [0.05, 0.1) is 0 Å². The predicted molar refractivity (Wildman–Crippen MR) is 94.6 cm³/mol. The zero-order valence-corrected chi connectivity index (χ0v) is 14.4. The van der Waals surface area contributed by atoms with E-state index in [0.29, 0.717) is 11.3 Å². The summed E-state index contributed by atoms with van der Waals surface area (Å²) in [6.07, 6.45) is 5.63. The smallest absolute Gasteiger partial charge is 0.291 e. The quantitative estimate of drug-likeness (QED) is 0.793. The summed E-state index contributed by atoms with van der Waals surface area (Å²) >= 11 is 1.58. The van der Waals surface area contributed by atoms with Crippen LogP contribution in [0.1, 0.15) is 37.9 Å². The fourth-order valence-electron chi connectivity index (χ4n) is 3.56. The van der Waals surface area contributed by atoms with E-state index in [2.05, 4.69) is 10.4 Å². The van der Waals surface area contributed by atoms with Gasteiger partial charge < -0.3 is 5.32 Å². The first-order valence-electron chi connectivity index (χ1n) is 8.39. The van der Waals surface area contributed by atoms with E-state index in [9.17, 15) is 9.59 Å². The van der Waals surface area contributed by atoms with Crippen molar-refractivity contribution in [3.8, 4) is 0 Å². The van der Waals surface area contributed by atoms with Crippen molar-refractivity contribution in [2.24, 2.45) is 0 Å². The number of hydrogen-bond donors (Lipinski definition) is 1. The number of aryl methyl sites for hydroxylation is 1. The first-order valence-corrected chi connectivity index (χ1v) is 9.27. The Kier molecular flexibility index (Phi) is 3.88. The summed E-state index contributed by atoms with van der Waals surface area (Å²) in [4.78, 5) is 26.0. The molecular formula is C17H20N4O2S. The molecule has 24 heavy (non-hydrogen) atoms. The Labute approximate surface area is 143 Å². The number of nitrogens with one attached hydrogen (secondary N) is 1. The Balaban J connectivity index is 1.63. The summed E-state index contributed by atoms with van der Waals surface area (Å²) in [6.45, 7) is 1.84. The van der Waals surface area contributed by atoms with Gasteiger partial charge in [-0.15, -0.1) is 11.3 Å². The topological polar surface area (TPSA) is 68.4 Å². The van der Waals surface area contributed by atoms with Crippen LogP contribution in [0.5, 0.6) is 0 Å². The van der Waals surface area contributed by atoms with Crippen molar-refractivity contribution in [1.29, 1.82) is 0 Å². The fourth-order valence-corrected chi connectivity index (χ4v) is 4.51. The highest BCUT2D eigenvalue weighted by molar-refractivity contribution is 7.16. The Hall–Kier alpha value is -2.15. The molecule has 0 atom stereocenters. The Morgan fingerprint density at radius 2 is 2.17 bits per heavy atom. The molecule has 1 fully saturated rings. The highest BCUT2D eigenvalue weighted by atomic mass is 32.1. The van der Waals surface area contributed by atoms with E-state index in [-0.39, 0.29) is 24.1 Å². The Morgan fingerprint density at radius 1 is 1.38 bits per heavy atom. The second-order valence-corrected chi connectivity index (χ2v) is 7.35. The van der Waals surface area contributed by atoms with Gasteiger partial charge in [0.25, 0.3) is 5.56 Å². The number of aromatic nitrogens is 3. The number of rotatable bonds is 3.